The number of carbonyl (C=O) groups excluding carboxylic acids is 1. The fraction of sp³-hybridized carbons (Fsp3) is 0.267. The van der Waals surface area contributed by atoms with E-state index in [1.165, 1.54) is 0 Å². The number of pyridine rings is 2. The number of hydrogen-bond donors (Lipinski definition) is 1. The molecule has 0 fully saturated rings. The zero-order valence-electron chi connectivity index (χ0n) is 11.6. The van der Waals surface area contributed by atoms with Crippen molar-refractivity contribution in [3.63, 3.8) is 0 Å². The Morgan fingerprint density at radius 3 is 2.65 bits per heavy atom. The molecule has 0 spiro atoms. The summed E-state index contributed by atoms with van der Waals surface area (Å²) in [6, 6.07) is 6.97. The third-order valence-electron chi connectivity index (χ3n) is 2.84. The van der Waals surface area contributed by atoms with Gasteiger partial charge in [0.25, 0.3) is 5.91 Å². The van der Waals surface area contributed by atoms with Gasteiger partial charge >= 0.3 is 0 Å². The van der Waals surface area contributed by atoms with E-state index in [0.717, 1.165) is 11.4 Å². The highest BCUT2D eigenvalue weighted by molar-refractivity contribution is 6.29. The van der Waals surface area contributed by atoms with E-state index in [-0.39, 0.29) is 11.8 Å². The highest BCUT2D eigenvalue weighted by atomic mass is 35.5. The third kappa shape index (κ3) is 3.54. The molecule has 20 heavy (non-hydrogen) atoms. The fourth-order valence-corrected chi connectivity index (χ4v) is 1.90. The van der Waals surface area contributed by atoms with Crippen LogP contribution in [0.2, 0.25) is 5.15 Å². The van der Waals surface area contributed by atoms with Gasteiger partial charge in [-0.2, -0.15) is 0 Å². The van der Waals surface area contributed by atoms with Crippen molar-refractivity contribution >= 4 is 23.2 Å². The lowest BCUT2D eigenvalue weighted by Crippen LogP contribution is -2.13. The number of carbonyl (C=O) groups is 1. The smallest absolute Gasteiger partial charge is 0.255 e. The van der Waals surface area contributed by atoms with Crippen LogP contribution in [0.5, 0.6) is 0 Å². The number of anilines is 1. The molecule has 0 radical (unpaired) electrons. The Hall–Kier alpha value is -1.94. The molecule has 0 aliphatic rings. The second-order valence-electron chi connectivity index (χ2n) is 4.90. The number of rotatable bonds is 3. The van der Waals surface area contributed by atoms with Gasteiger partial charge in [0.05, 0.1) is 11.9 Å². The van der Waals surface area contributed by atoms with Gasteiger partial charge in [-0.05, 0) is 37.1 Å². The minimum Gasteiger partial charge on any atom is -0.321 e. The lowest BCUT2D eigenvalue weighted by atomic mass is 10.1. The maximum Gasteiger partial charge on any atom is 0.255 e. The normalized spacial score (nSPS) is 10.7. The summed E-state index contributed by atoms with van der Waals surface area (Å²) in [6.07, 6.45) is 1.62. The average Bonchev–Trinajstić information content (AvgIpc) is 2.40. The van der Waals surface area contributed by atoms with E-state index in [9.17, 15) is 4.79 Å². The van der Waals surface area contributed by atoms with Gasteiger partial charge in [0.15, 0.2) is 0 Å². The molecule has 2 heterocycles. The molecule has 104 valence electrons. The van der Waals surface area contributed by atoms with Crippen LogP contribution in [0.3, 0.4) is 0 Å². The molecule has 0 aromatic carbocycles. The van der Waals surface area contributed by atoms with Gasteiger partial charge in [0, 0.05) is 17.0 Å². The summed E-state index contributed by atoms with van der Waals surface area (Å²) in [7, 11) is 0. The topological polar surface area (TPSA) is 54.9 Å². The molecule has 0 unspecified atom stereocenters. The number of aromatic nitrogens is 2. The summed E-state index contributed by atoms with van der Waals surface area (Å²) in [5.41, 5.74) is 2.84. The Morgan fingerprint density at radius 2 is 2.05 bits per heavy atom. The van der Waals surface area contributed by atoms with Crippen molar-refractivity contribution in [2.75, 3.05) is 5.32 Å². The van der Waals surface area contributed by atoms with Crippen molar-refractivity contribution in [3.8, 4) is 0 Å². The number of hydrogen-bond acceptors (Lipinski definition) is 3. The maximum absolute atomic E-state index is 12.2. The van der Waals surface area contributed by atoms with E-state index in [2.05, 4.69) is 15.3 Å². The summed E-state index contributed by atoms with van der Waals surface area (Å²) in [5, 5.41) is 3.11. The molecule has 2 rings (SSSR count). The van der Waals surface area contributed by atoms with Crippen LogP contribution < -0.4 is 5.32 Å². The van der Waals surface area contributed by atoms with Crippen molar-refractivity contribution in [3.05, 3.63) is 52.6 Å². The van der Waals surface area contributed by atoms with Crippen molar-refractivity contribution in [1.82, 2.24) is 9.97 Å². The van der Waals surface area contributed by atoms with E-state index < -0.39 is 0 Å². The predicted molar refractivity (Wildman–Crippen MR) is 80.3 cm³/mol. The van der Waals surface area contributed by atoms with Gasteiger partial charge in [-0.1, -0.05) is 25.4 Å². The minimum absolute atomic E-state index is 0.210. The first-order valence-electron chi connectivity index (χ1n) is 6.37. The van der Waals surface area contributed by atoms with Crippen LogP contribution in [0.1, 0.15) is 41.5 Å². The van der Waals surface area contributed by atoms with Crippen LogP contribution in [0, 0.1) is 6.92 Å². The van der Waals surface area contributed by atoms with Crippen LogP contribution in [0.4, 0.5) is 5.69 Å². The van der Waals surface area contributed by atoms with Gasteiger partial charge in [-0.15, -0.1) is 0 Å². The van der Waals surface area contributed by atoms with Gasteiger partial charge in [0.1, 0.15) is 5.15 Å². The van der Waals surface area contributed by atoms with Gasteiger partial charge < -0.3 is 5.32 Å². The Kier molecular flexibility index (Phi) is 4.35. The SMILES string of the molecule is Cc1ccc(NC(=O)c2cc(Cl)nc(C(C)C)c2)cn1. The van der Waals surface area contributed by atoms with Crippen molar-refractivity contribution in [2.24, 2.45) is 0 Å². The van der Waals surface area contributed by atoms with Crippen molar-refractivity contribution in [2.45, 2.75) is 26.7 Å². The molecule has 0 saturated heterocycles. The van der Waals surface area contributed by atoms with Gasteiger partial charge in [-0.25, -0.2) is 4.98 Å². The monoisotopic (exact) mass is 289 g/mol. The summed E-state index contributed by atoms with van der Waals surface area (Å²) in [6.45, 7) is 5.90. The van der Waals surface area contributed by atoms with Crippen molar-refractivity contribution in [1.29, 1.82) is 0 Å². The number of nitrogens with one attached hydrogen (secondary N) is 1. The van der Waals surface area contributed by atoms with Crippen LogP contribution in [-0.4, -0.2) is 15.9 Å². The first-order chi connectivity index (χ1) is 9.45. The fourth-order valence-electron chi connectivity index (χ4n) is 1.69. The van der Waals surface area contributed by atoms with Crippen LogP contribution in [0.15, 0.2) is 30.5 Å². The van der Waals surface area contributed by atoms with E-state index in [1.807, 2.05) is 32.9 Å². The standard InChI is InChI=1S/C15H16ClN3O/c1-9(2)13-6-11(7-14(16)19-13)15(20)18-12-5-4-10(3)17-8-12/h4-9H,1-3H3,(H,18,20). The average molecular weight is 290 g/mol. The quantitative estimate of drug-likeness (QED) is 0.874. The molecule has 1 amide bonds. The molecule has 1 N–H and O–H groups in total. The number of nitrogens with zero attached hydrogens (tertiary/aromatic N) is 2. The molecule has 0 aliphatic heterocycles. The summed E-state index contributed by atoms with van der Waals surface area (Å²) in [4.78, 5) is 20.5. The highest BCUT2D eigenvalue weighted by Crippen LogP contribution is 2.18. The summed E-state index contributed by atoms with van der Waals surface area (Å²) in [5.74, 6) is -0.0110. The van der Waals surface area contributed by atoms with Gasteiger partial charge in [-0.3, -0.25) is 9.78 Å². The van der Waals surface area contributed by atoms with Crippen LogP contribution in [-0.2, 0) is 0 Å². The molecule has 4 nitrogen and oxygen atoms in total. The van der Waals surface area contributed by atoms with Crippen molar-refractivity contribution < 1.29 is 4.79 Å². The van der Waals surface area contributed by atoms with Gasteiger partial charge in [0.2, 0.25) is 0 Å². The third-order valence-corrected chi connectivity index (χ3v) is 3.03. The Bertz CT molecular complexity index is 624. The van der Waals surface area contributed by atoms with Crippen LogP contribution >= 0.6 is 11.6 Å². The highest BCUT2D eigenvalue weighted by Gasteiger charge is 2.11. The van der Waals surface area contributed by atoms with Crippen LogP contribution in [0.25, 0.3) is 0 Å². The Balaban J connectivity index is 2.22. The molecular formula is C15H16ClN3O. The molecule has 0 aliphatic carbocycles. The molecule has 0 bridgehead atoms. The minimum atomic E-state index is -0.221. The predicted octanol–water partition coefficient (Wildman–Crippen LogP) is 3.81. The molecule has 0 saturated carbocycles. The van der Waals surface area contributed by atoms with E-state index in [0.29, 0.717) is 16.4 Å². The first-order valence-corrected chi connectivity index (χ1v) is 6.75. The second-order valence-corrected chi connectivity index (χ2v) is 5.29. The Labute approximate surface area is 123 Å². The van der Waals surface area contributed by atoms with E-state index in [1.54, 1.807) is 18.3 Å². The first kappa shape index (κ1) is 14.5. The largest absolute Gasteiger partial charge is 0.321 e. The molecule has 0 atom stereocenters. The van der Waals surface area contributed by atoms with E-state index >= 15 is 0 Å². The Morgan fingerprint density at radius 1 is 1.30 bits per heavy atom. The molecule has 2 aromatic heterocycles. The second kappa shape index (κ2) is 6.01. The number of aryl methyl sites for hydroxylation is 1. The number of halogens is 1. The molecule has 5 heteroatoms. The lowest BCUT2D eigenvalue weighted by molar-refractivity contribution is 0.102. The molecule has 2 aromatic rings. The van der Waals surface area contributed by atoms with E-state index in [4.69, 9.17) is 11.6 Å². The lowest BCUT2D eigenvalue weighted by Gasteiger charge is -2.09. The zero-order valence-corrected chi connectivity index (χ0v) is 12.4. The summed E-state index contributed by atoms with van der Waals surface area (Å²) >= 11 is 5.96. The molecular weight excluding hydrogens is 274 g/mol. The number of amides is 1. The summed E-state index contributed by atoms with van der Waals surface area (Å²) < 4.78 is 0. The maximum atomic E-state index is 12.2. The zero-order chi connectivity index (χ0) is 14.7.